The number of rotatable bonds is 8. The fraction of sp³-hybridized carbons (Fsp3) is 0.698. The molecule has 0 unspecified atom stereocenters. The van der Waals surface area contributed by atoms with E-state index in [0.717, 1.165) is 0 Å². The summed E-state index contributed by atoms with van der Waals surface area (Å²) in [4.78, 5) is 101. The quantitative estimate of drug-likeness (QED) is 0.240. The number of carbonyl (C=O) groups is 7. The lowest BCUT2D eigenvalue weighted by Gasteiger charge is -2.35. The Balaban J connectivity index is 2.18. The zero-order valence-corrected chi connectivity index (χ0v) is 37.4. The first kappa shape index (κ1) is 49.4. The zero-order valence-electron chi connectivity index (χ0n) is 37.4. The van der Waals surface area contributed by atoms with Gasteiger partial charge in [0, 0.05) is 20.0 Å². The van der Waals surface area contributed by atoms with E-state index in [-0.39, 0.29) is 25.3 Å². The van der Waals surface area contributed by atoms with Crippen LogP contribution in [0.1, 0.15) is 107 Å². The number of hydrogen-bond donors (Lipinski definition) is 5. The number of nitrogens with one attached hydrogen (secondary N) is 4. The Hall–Kier alpha value is -4.93. The molecule has 1 aromatic rings. The second kappa shape index (κ2) is 21.0. The van der Waals surface area contributed by atoms with Crippen LogP contribution in [0, 0.1) is 11.8 Å². The normalized spacial score (nSPS) is 27.1. The molecule has 17 heteroatoms. The van der Waals surface area contributed by atoms with Gasteiger partial charge in [-0.15, -0.1) is 0 Å². The molecule has 336 valence electrons. The van der Waals surface area contributed by atoms with Gasteiger partial charge in [-0.1, -0.05) is 46.2 Å². The highest BCUT2D eigenvalue weighted by molar-refractivity contribution is 5.97. The predicted octanol–water partition coefficient (Wildman–Crippen LogP) is 2.60. The number of aliphatic hydroxyl groups excluding tert-OH is 1. The number of amides is 6. The van der Waals surface area contributed by atoms with E-state index >= 15 is 0 Å². The summed E-state index contributed by atoms with van der Waals surface area (Å²) in [6.07, 6.45) is -2.89. The minimum absolute atomic E-state index is 0.0285. The number of alkyl carbamates (subject to hydrolysis) is 1. The summed E-state index contributed by atoms with van der Waals surface area (Å²) in [6.45, 7) is 16.9. The lowest BCUT2D eigenvalue weighted by atomic mass is 9.91. The van der Waals surface area contributed by atoms with Crippen LogP contribution in [0.4, 0.5) is 4.79 Å². The highest BCUT2D eigenvalue weighted by atomic mass is 16.6. The molecular weight excluding hydrogens is 777 g/mol. The maximum absolute atomic E-state index is 14.5. The summed E-state index contributed by atoms with van der Waals surface area (Å²) in [5.41, 5.74) is -1.87. The fourth-order valence-corrected chi connectivity index (χ4v) is 7.33. The topological polar surface area (TPSA) is 222 Å². The van der Waals surface area contributed by atoms with Gasteiger partial charge in [-0.2, -0.15) is 0 Å². The van der Waals surface area contributed by atoms with E-state index in [9.17, 15) is 38.7 Å². The molecular formula is C43H68N6O11. The van der Waals surface area contributed by atoms with Gasteiger partial charge < -0.3 is 50.4 Å². The Bertz CT molecular complexity index is 1690. The monoisotopic (exact) mass is 844 g/mol. The molecule has 60 heavy (non-hydrogen) atoms. The molecule has 8 atom stereocenters. The Morgan fingerprint density at radius 1 is 1.03 bits per heavy atom. The number of cyclic esters (lactones) is 1. The highest BCUT2D eigenvalue weighted by Crippen LogP contribution is 2.25. The van der Waals surface area contributed by atoms with E-state index < -0.39 is 107 Å². The second-order valence-electron chi connectivity index (χ2n) is 18.0. The van der Waals surface area contributed by atoms with Crippen LogP contribution in [-0.4, -0.2) is 131 Å². The van der Waals surface area contributed by atoms with Crippen molar-refractivity contribution in [2.75, 3.05) is 20.7 Å². The van der Waals surface area contributed by atoms with Crippen molar-refractivity contribution in [1.82, 2.24) is 31.1 Å². The van der Waals surface area contributed by atoms with Gasteiger partial charge >= 0.3 is 12.1 Å². The van der Waals surface area contributed by atoms with E-state index in [0.29, 0.717) is 30.6 Å². The van der Waals surface area contributed by atoms with Crippen molar-refractivity contribution >= 4 is 41.6 Å². The number of ether oxygens (including phenoxy) is 3. The van der Waals surface area contributed by atoms with Crippen LogP contribution in [0.3, 0.4) is 0 Å². The molecule has 2 aliphatic heterocycles. The number of nitrogens with zero attached hydrogens (tertiary/aromatic N) is 2. The number of fused-ring (bicyclic) bond motifs is 1. The van der Waals surface area contributed by atoms with Crippen molar-refractivity contribution in [3.05, 3.63) is 29.8 Å². The third kappa shape index (κ3) is 13.5. The van der Waals surface area contributed by atoms with E-state index in [4.69, 9.17) is 14.2 Å². The Labute approximate surface area is 354 Å². The van der Waals surface area contributed by atoms with Crippen LogP contribution in [0.5, 0.6) is 5.75 Å². The Morgan fingerprint density at radius 3 is 2.23 bits per heavy atom. The van der Waals surface area contributed by atoms with Crippen molar-refractivity contribution in [1.29, 1.82) is 0 Å². The second-order valence-corrected chi connectivity index (χ2v) is 18.0. The van der Waals surface area contributed by atoms with Gasteiger partial charge in [0.2, 0.25) is 29.5 Å². The molecule has 0 radical (unpaired) electrons. The fourth-order valence-electron chi connectivity index (χ4n) is 7.33. The lowest BCUT2D eigenvalue weighted by molar-refractivity contribution is -0.161. The molecule has 1 aromatic carbocycles. The number of esters is 1. The van der Waals surface area contributed by atoms with Crippen LogP contribution < -0.4 is 26.0 Å². The number of methoxy groups -OCH3 is 1. The minimum atomic E-state index is -1.57. The summed E-state index contributed by atoms with van der Waals surface area (Å²) in [6, 6.07) is 0.964. The molecule has 2 aliphatic rings. The van der Waals surface area contributed by atoms with E-state index in [2.05, 4.69) is 21.3 Å². The number of hydrogen-bond acceptors (Lipinski definition) is 11. The third-order valence-electron chi connectivity index (χ3n) is 10.9. The highest BCUT2D eigenvalue weighted by Gasteiger charge is 2.44. The largest absolute Gasteiger partial charge is 0.497 e. The van der Waals surface area contributed by atoms with E-state index in [1.165, 1.54) is 44.7 Å². The number of likely N-dealkylation sites (N-methyl/N-ethyl adjacent to an activating group) is 1. The van der Waals surface area contributed by atoms with Gasteiger partial charge in [0.1, 0.15) is 47.2 Å². The number of aliphatic hydroxyl groups is 1. The van der Waals surface area contributed by atoms with Crippen molar-refractivity contribution < 1.29 is 52.9 Å². The van der Waals surface area contributed by atoms with Gasteiger partial charge in [0.25, 0.3) is 0 Å². The average molecular weight is 845 g/mol. The first-order chi connectivity index (χ1) is 27.9. The molecule has 2 saturated heterocycles. The number of benzene rings is 1. The Morgan fingerprint density at radius 2 is 1.67 bits per heavy atom. The molecule has 0 saturated carbocycles. The first-order valence-electron chi connectivity index (χ1n) is 20.9. The molecule has 2 fully saturated rings. The first-order valence-corrected chi connectivity index (χ1v) is 20.9. The summed E-state index contributed by atoms with van der Waals surface area (Å²) >= 11 is 0. The van der Waals surface area contributed by atoms with Gasteiger partial charge in [-0.05, 0) is 90.3 Å². The van der Waals surface area contributed by atoms with Crippen molar-refractivity contribution in [2.24, 2.45) is 11.8 Å². The SMILES string of the molecule is CC[C@H](C)[C@H]1NC(=O)[C@@H](NC(=O)OC(C)(C)C)[C@@H](C)OC(=O)[C@H](Cc2ccc(OC)cc2)N(C)C(=O)[C@@H]2CCCN2C(=O)[C@H](CC(C)C)NC(=O)C(C)(C)NC(=O)C[C@@H]1O. The smallest absolute Gasteiger partial charge is 0.408 e. The molecule has 5 N–H and O–H groups in total. The molecule has 0 aromatic heterocycles. The van der Waals surface area contributed by atoms with Crippen molar-refractivity contribution in [3.8, 4) is 5.75 Å². The van der Waals surface area contributed by atoms with Gasteiger partial charge in [-0.3, -0.25) is 24.0 Å². The molecule has 3 rings (SSSR count). The molecule has 0 aliphatic carbocycles. The van der Waals surface area contributed by atoms with Gasteiger partial charge in [0.15, 0.2) is 0 Å². The molecule has 2 heterocycles. The standard InChI is InChI=1S/C43H68N6O11/c1-13-25(4)34-32(50)23-33(51)47-43(9,10)40(56)44-29(21-24(2)3)37(53)49-20-14-15-30(49)38(54)48(11)31(22-27-16-18-28(58-12)19-17-27)39(55)59-26(5)35(36(52)45-34)46-41(57)60-42(6,7)8/h16-19,24-26,29-32,34-35,50H,13-15,20-23H2,1-12H3,(H,44,56)(H,45,52)(H,46,57)(H,47,51)/t25-,26+,29-,30-,31-,32-,34+,35-/m0/s1. The van der Waals surface area contributed by atoms with Crippen LogP contribution in [0.2, 0.25) is 0 Å². The van der Waals surface area contributed by atoms with E-state index in [1.807, 2.05) is 20.8 Å². The summed E-state index contributed by atoms with van der Waals surface area (Å²) in [5.74, 6) is -4.01. The molecule has 6 amide bonds. The number of carbonyl (C=O) groups excluding carboxylic acids is 7. The summed E-state index contributed by atoms with van der Waals surface area (Å²) in [5, 5.41) is 22.2. The zero-order chi connectivity index (χ0) is 45.3. The third-order valence-corrected chi connectivity index (χ3v) is 10.9. The van der Waals surface area contributed by atoms with Crippen molar-refractivity contribution in [2.45, 2.75) is 161 Å². The summed E-state index contributed by atoms with van der Waals surface area (Å²) < 4.78 is 16.7. The van der Waals surface area contributed by atoms with Crippen LogP contribution in [0.15, 0.2) is 24.3 Å². The maximum Gasteiger partial charge on any atom is 0.408 e. The van der Waals surface area contributed by atoms with E-state index in [1.54, 1.807) is 52.0 Å². The van der Waals surface area contributed by atoms with Crippen molar-refractivity contribution in [3.63, 3.8) is 0 Å². The molecule has 17 nitrogen and oxygen atoms in total. The lowest BCUT2D eigenvalue weighted by Crippen LogP contribution is -2.61. The van der Waals surface area contributed by atoms with Crippen LogP contribution in [-0.2, 0) is 44.7 Å². The maximum atomic E-state index is 14.5. The van der Waals surface area contributed by atoms with Gasteiger partial charge in [0.05, 0.1) is 25.7 Å². The minimum Gasteiger partial charge on any atom is -0.497 e. The summed E-state index contributed by atoms with van der Waals surface area (Å²) in [7, 11) is 2.96. The Kier molecular flexibility index (Phi) is 17.3. The van der Waals surface area contributed by atoms with Crippen LogP contribution in [0.25, 0.3) is 0 Å². The molecule has 0 bridgehead atoms. The molecule has 0 spiro atoms. The predicted molar refractivity (Wildman–Crippen MR) is 222 cm³/mol. The average Bonchev–Trinajstić information content (AvgIpc) is 3.65. The van der Waals surface area contributed by atoms with Gasteiger partial charge in [-0.25, -0.2) is 9.59 Å². The van der Waals surface area contributed by atoms with Crippen LogP contribution >= 0.6 is 0 Å².